The Bertz CT molecular complexity index is 710. The van der Waals surface area contributed by atoms with E-state index in [1.807, 2.05) is 18.2 Å². The van der Waals surface area contributed by atoms with Crippen molar-refractivity contribution in [1.29, 1.82) is 0 Å². The largest absolute Gasteiger partial charge is 0.495 e. The van der Waals surface area contributed by atoms with Gasteiger partial charge >= 0.3 is 0 Å². The topological polar surface area (TPSA) is 80.3 Å². The Kier molecular flexibility index (Phi) is 5.57. The standard InChI is InChI=1S/C15H17Cl2N5O2/c1-23-12-6-9(13-8-18-4-5-24-13)2-3-11(12)21-22-14-10(16)7-19-15(17)20-14/h2-3,6-7,13,18,21H,4-5,8H2,1H3,(H,19,20,22). The Morgan fingerprint density at radius 3 is 2.96 bits per heavy atom. The summed E-state index contributed by atoms with van der Waals surface area (Å²) in [5, 5.41) is 3.76. The summed E-state index contributed by atoms with van der Waals surface area (Å²) in [6.07, 6.45) is 1.44. The highest BCUT2D eigenvalue weighted by molar-refractivity contribution is 6.33. The molecule has 1 fully saturated rings. The molecule has 0 radical (unpaired) electrons. The molecule has 128 valence electrons. The van der Waals surface area contributed by atoms with Crippen LogP contribution in [0.2, 0.25) is 10.3 Å². The second-order valence-corrected chi connectivity index (χ2v) is 5.85. The number of hydrogen-bond acceptors (Lipinski definition) is 7. The Morgan fingerprint density at radius 2 is 2.21 bits per heavy atom. The number of ether oxygens (including phenoxy) is 2. The molecule has 1 saturated heterocycles. The molecule has 1 aliphatic heterocycles. The van der Waals surface area contributed by atoms with Gasteiger partial charge in [0.05, 0.1) is 31.7 Å². The Morgan fingerprint density at radius 1 is 1.33 bits per heavy atom. The quantitative estimate of drug-likeness (QED) is 0.552. The van der Waals surface area contributed by atoms with Gasteiger partial charge in [-0.15, -0.1) is 0 Å². The number of nitrogens with one attached hydrogen (secondary N) is 3. The molecule has 3 rings (SSSR count). The van der Waals surface area contributed by atoms with Crippen molar-refractivity contribution in [3.8, 4) is 5.75 Å². The van der Waals surface area contributed by atoms with Crippen LogP contribution < -0.4 is 20.9 Å². The van der Waals surface area contributed by atoms with Crippen molar-refractivity contribution >= 4 is 34.7 Å². The lowest BCUT2D eigenvalue weighted by Gasteiger charge is -2.24. The smallest absolute Gasteiger partial charge is 0.224 e. The fourth-order valence-electron chi connectivity index (χ4n) is 2.35. The van der Waals surface area contributed by atoms with Crippen LogP contribution in [0.3, 0.4) is 0 Å². The first-order chi connectivity index (χ1) is 11.7. The molecule has 1 atom stereocenters. The highest BCUT2D eigenvalue weighted by atomic mass is 35.5. The highest BCUT2D eigenvalue weighted by Gasteiger charge is 2.17. The van der Waals surface area contributed by atoms with Crippen LogP contribution in [0.25, 0.3) is 0 Å². The summed E-state index contributed by atoms with van der Waals surface area (Å²) < 4.78 is 11.2. The molecule has 24 heavy (non-hydrogen) atoms. The van der Waals surface area contributed by atoms with Crippen LogP contribution in [0.5, 0.6) is 5.75 Å². The maximum Gasteiger partial charge on any atom is 0.224 e. The average molecular weight is 370 g/mol. The van der Waals surface area contributed by atoms with Crippen LogP contribution >= 0.6 is 23.2 Å². The molecule has 0 bridgehead atoms. The van der Waals surface area contributed by atoms with Crippen LogP contribution in [0.1, 0.15) is 11.7 Å². The molecule has 3 N–H and O–H groups in total. The first-order valence-corrected chi connectivity index (χ1v) is 8.13. The van der Waals surface area contributed by atoms with Gasteiger partial charge in [-0.3, -0.25) is 10.9 Å². The van der Waals surface area contributed by atoms with Gasteiger partial charge in [-0.2, -0.15) is 4.98 Å². The third-order valence-corrected chi connectivity index (χ3v) is 4.01. The van der Waals surface area contributed by atoms with Gasteiger partial charge in [-0.1, -0.05) is 17.7 Å². The third-order valence-electron chi connectivity index (χ3n) is 3.56. The number of nitrogens with zero attached hydrogens (tertiary/aromatic N) is 2. The molecule has 1 unspecified atom stereocenters. The van der Waals surface area contributed by atoms with Crippen molar-refractivity contribution in [2.24, 2.45) is 0 Å². The maximum absolute atomic E-state index is 6.02. The van der Waals surface area contributed by atoms with Crippen LogP contribution in [-0.4, -0.2) is 36.8 Å². The second-order valence-electron chi connectivity index (χ2n) is 5.11. The molecule has 2 heterocycles. The van der Waals surface area contributed by atoms with Crippen molar-refractivity contribution in [1.82, 2.24) is 15.3 Å². The van der Waals surface area contributed by atoms with Crippen molar-refractivity contribution in [2.75, 3.05) is 37.7 Å². The van der Waals surface area contributed by atoms with Crippen LogP contribution in [0.15, 0.2) is 24.4 Å². The van der Waals surface area contributed by atoms with Gasteiger partial charge in [-0.25, -0.2) is 4.98 Å². The minimum Gasteiger partial charge on any atom is -0.495 e. The Labute approximate surface area is 149 Å². The zero-order chi connectivity index (χ0) is 16.9. The SMILES string of the molecule is COc1cc(C2CNCCO2)ccc1NNc1nc(Cl)ncc1Cl. The van der Waals surface area contributed by atoms with Crippen LogP contribution in [0.4, 0.5) is 11.5 Å². The fourth-order valence-corrected chi connectivity index (χ4v) is 2.62. The van der Waals surface area contributed by atoms with Gasteiger partial charge in [0.1, 0.15) is 10.8 Å². The zero-order valence-corrected chi connectivity index (χ0v) is 14.5. The van der Waals surface area contributed by atoms with Gasteiger partial charge in [0, 0.05) is 13.1 Å². The normalized spacial score (nSPS) is 17.4. The molecular weight excluding hydrogens is 353 g/mol. The molecule has 0 spiro atoms. The van der Waals surface area contributed by atoms with Gasteiger partial charge in [0.2, 0.25) is 5.28 Å². The third kappa shape index (κ3) is 3.99. The molecule has 0 amide bonds. The summed E-state index contributed by atoms with van der Waals surface area (Å²) in [7, 11) is 1.61. The predicted molar refractivity (Wildman–Crippen MR) is 93.9 cm³/mol. The summed E-state index contributed by atoms with van der Waals surface area (Å²) in [4.78, 5) is 7.82. The van der Waals surface area contributed by atoms with E-state index in [0.717, 1.165) is 24.3 Å². The second kappa shape index (κ2) is 7.85. The molecule has 0 saturated carbocycles. The molecule has 0 aliphatic carbocycles. The number of aromatic nitrogens is 2. The number of hydrazine groups is 1. The van der Waals surface area contributed by atoms with E-state index in [9.17, 15) is 0 Å². The Balaban J connectivity index is 1.74. The summed E-state index contributed by atoms with van der Waals surface area (Å²) >= 11 is 11.8. The van der Waals surface area contributed by atoms with Crippen LogP contribution in [-0.2, 0) is 4.74 Å². The molecular formula is C15H17Cl2N5O2. The minimum atomic E-state index is 0.0183. The predicted octanol–water partition coefficient (Wildman–Crippen LogP) is 2.89. The molecule has 1 aromatic heterocycles. The monoisotopic (exact) mass is 369 g/mol. The summed E-state index contributed by atoms with van der Waals surface area (Å²) in [5.74, 6) is 1.05. The number of rotatable bonds is 5. The molecule has 1 aliphatic rings. The van der Waals surface area contributed by atoms with E-state index in [-0.39, 0.29) is 11.4 Å². The van der Waals surface area contributed by atoms with E-state index in [4.69, 9.17) is 32.7 Å². The van der Waals surface area contributed by atoms with E-state index in [1.54, 1.807) is 7.11 Å². The summed E-state index contributed by atoms with van der Waals surface area (Å²) in [5.41, 5.74) is 7.70. The molecule has 7 nitrogen and oxygen atoms in total. The average Bonchev–Trinajstić information content (AvgIpc) is 2.63. The number of halogens is 2. The number of benzene rings is 1. The lowest BCUT2D eigenvalue weighted by atomic mass is 10.1. The van der Waals surface area contributed by atoms with E-state index in [0.29, 0.717) is 23.2 Å². The van der Waals surface area contributed by atoms with Gasteiger partial charge in [0.15, 0.2) is 5.82 Å². The number of morpholine rings is 1. The van der Waals surface area contributed by atoms with Crippen LogP contribution in [0, 0.1) is 0 Å². The van der Waals surface area contributed by atoms with Gasteiger partial charge in [-0.05, 0) is 29.3 Å². The highest BCUT2D eigenvalue weighted by Crippen LogP contribution is 2.30. The fraction of sp³-hybridized carbons (Fsp3) is 0.333. The lowest BCUT2D eigenvalue weighted by molar-refractivity contribution is 0.0276. The minimum absolute atomic E-state index is 0.0183. The van der Waals surface area contributed by atoms with Crippen molar-refractivity contribution in [3.63, 3.8) is 0 Å². The van der Waals surface area contributed by atoms with E-state index >= 15 is 0 Å². The van der Waals surface area contributed by atoms with Gasteiger partial charge in [0.25, 0.3) is 0 Å². The maximum atomic E-state index is 6.02. The first kappa shape index (κ1) is 17.0. The van der Waals surface area contributed by atoms with E-state index < -0.39 is 0 Å². The molecule has 1 aromatic carbocycles. The zero-order valence-electron chi connectivity index (χ0n) is 13.0. The van der Waals surface area contributed by atoms with E-state index in [2.05, 4.69) is 26.1 Å². The number of anilines is 2. The van der Waals surface area contributed by atoms with E-state index in [1.165, 1.54) is 6.20 Å². The van der Waals surface area contributed by atoms with Gasteiger partial charge < -0.3 is 14.8 Å². The summed E-state index contributed by atoms with van der Waals surface area (Å²) in [6.45, 7) is 2.35. The first-order valence-electron chi connectivity index (χ1n) is 7.37. The summed E-state index contributed by atoms with van der Waals surface area (Å²) in [6, 6.07) is 5.82. The molecule has 9 heteroatoms. The van der Waals surface area contributed by atoms with Crippen molar-refractivity contribution < 1.29 is 9.47 Å². The van der Waals surface area contributed by atoms with Crippen molar-refractivity contribution in [3.05, 3.63) is 40.3 Å². The van der Waals surface area contributed by atoms with Crippen molar-refractivity contribution in [2.45, 2.75) is 6.10 Å². The number of methoxy groups -OCH3 is 1. The Hall–Kier alpha value is -1.80. The molecule has 2 aromatic rings. The lowest BCUT2D eigenvalue weighted by Crippen LogP contribution is -2.33. The number of hydrogen-bond donors (Lipinski definition) is 3.